The minimum atomic E-state index is -3.57. The fourth-order valence-corrected chi connectivity index (χ4v) is 4.40. The summed E-state index contributed by atoms with van der Waals surface area (Å²) in [5.74, 6) is 0. The van der Waals surface area contributed by atoms with Crippen LogP contribution in [0.3, 0.4) is 0 Å². The first-order chi connectivity index (χ1) is 9.65. The summed E-state index contributed by atoms with van der Waals surface area (Å²) < 4.78 is 32.7. The van der Waals surface area contributed by atoms with Gasteiger partial charge < -0.3 is 4.74 Å². The monoisotopic (exact) mass is 308 g/mol. The Hall–Kier alpha value is -1.42. The van der Waals surface area contributed by atoms with Gasteiger partial charge in [-0.3, -0.25) is 0 Å². The van der Waals surface area contributed by atoms with Crippen LogP contribution in [-0.4, -0.2) is 37.5 Å². The number of hydrogen-bond acceptors (Lipinski definition) is 4. The van der Waals surface area contributed by atoms with Crippen molar-refractivity contribution in [1.82, 2.24) is 4.31 Å². The third kappa shape index (κ3) is 3.26. The standard InChI is InChI=1S/C15H20N2O3S/c1-11-7-14(6-5-13(11)8-16)21(18,19)17-9-12(2)20-15(3,4)10-17/h5-7,12H,9-10H2,1-4H3. The zero-order valence-corrected chi connectivity index (χ0v) is 13.6. The van der Waals surface area contributed by atoms with Crippen molar-refractivity contribution in [2.45, 2.75) is 44.3 Å². The Morgan fingerprint density at radius 1 is 1.43 bits per heavy atom. The van der Waals surface area contributed by atoms with Crippen LogP contribution >= 0.6 is 0 Å². The Balaban J connectivity index is 2.38. The van der Waals surface area contributed by atoms with E-state index in [0.29, 0.717) is 24.2 Å². The SMILES string of the molecule is Cc1cc(S(=O)(=O)N2CC(C)OC(C)(C)C2)ccc1C#N. The number of sulfonamides is 1. The number of rotatable bonds is 2. The Bertz CT molecular complexity index is 689. The van der Waals surface area contributed by atoms with E-state index in [1.807, 2.05) is 26.8 Å². The van der Waals surface area contributed by atoms with Crippen molar-refractivity contribution in [3.05, 3.63) is 29.3 Å². The highest BCUT2D eigenvalue weighted by atomic mass is 32.2. The molecule has 6 heteroatoms. The van der Waals surface area contributed by atoms with Gasteiger partial charge in [-0.05, 0) is 51.5 Å². The minimum Gasteiger partial charge on any atom is -0.370 e. The van der Waals surface area contributed by atoms with E-state index in [0.717, 1.165) is 0 Å². The Labute approximate surface area is 126 Å². The molecule has 0 aromatic heterocycles. The van der Waals surface area contributed by atoms with Crippen LogP contribution in [0, 0.1) is 18.3 Å². The molecule has 0 saturated carbocycles. The summed E-state index contributed by atoms with van der Waals surface area (Å²) in [5, 5.41) is 8.94. The van der Waals surface area contributed by atoms with E-state index in [1.54, 1.807) is 19.1 Å². The predicted octanol–water partition coefficient (Wildman–Crippen LogP) is 2.05. The molecule has 0 aliphatic carbocycles. The van der Waals surface area contributed by atoms with Crippen molar-refractivity contribution in [3.63, 3.8) is 0 Å². The molecule has 2 rings (SSSR count). The van der Waals surface area contributed by atoms with E-state index in [1.165, 1.54) is 10.4 Å². The number of aryl methyl sites for hydroxylation is 1. The molecule has 21 heavy (non-hydrogen) atoms. The second-order valence-electron chi connectivity index (χ2n) is 6.07. The Morgan fingerprint density at radius 3 is 2.62 bits per heavy atom. The van der Waals surface area contributed by atoms with Gasteiger partial charge in [-0.1, -0.05) is 0 Å². The number of morpholine rings is 1. The first kappa shape index (κ1) is 16.0. The maximum atomic E-state index is 12.8. The Morgan fingerprint density at radius 2 is 2.10 bits per heavy atom. The largest absolute Gasteiger partial charge is 0.370 e. The topological polar surface area (TPSA) is 70.4 Å². The van der Waals surface area contributed by atoms with Gasteiger partial charge in [0.1, 0.15) is 0 Å². The average Bonchev–Trinajstić information content (AvgIpc) is 2.36. The zero-order valence-electron chi connectivity index (χ0n) is 12.8. The van der Waals surface area contributed by atoms with Crippen molar-refractivity contribution >= 4 is 10.0 Å². The molecule has 0 amide bonds. The second kappa shape index (κ2) is 5.41. The van der Waals surface area contributed by atoms with E-state index in [4.69, 9.17) is 10.00 Å². The molecule has 1 unspecified atom stereocenters. The molecule has 1 atom stereocenters. The van der Waals surface area contributed by atoms with Crippen LogP contribution in [0.15, 0.2) is 23.1 Å². The number of hydrogen-bond donors (Lipinski definition) is 0. The maximum absolute atomic E-state index is 12.8. The van der Waals surface area contributed by atoms with Gasteiger partial charge in [0, 0.05) is 13.1 Å². The van der Waals surface area contributed by atoms with Crippen LogP contribution < -0.4 is 0 Å². The van der Waals surface area contributed by atoms with E-state index in [9.17, 15) is 8.42 Å². The summed E-state index contributed by atoms with van der Waals surface area (Å²) in [6, 6.07) is 6.65. The fraction of sp³-hybridized carbons (Fsp3) is 0.533. The van der Waals surface area contributed by atoms with Gasteiger partial charge >= 0.3 is 0 Å². The highest BCUT2D eigenvalue weighted by Gasteiger charge is 2.37. The van der Waals surface area contributed by atoms with Crippen LogP contribution in [0.4, 0.5) is 0 Å². The molecule has 0 N–H and O–H groups in total. The maximum Gasteiger partial charge on any atom is 0.243 e. The molecule has 1 aromatic rings. The van der Waals surface area contributed by atoms with E-state index < -0.39 is 15.6 Å². The molecule has 1 heterocycles. The van der Waals surface area contributed by atoms with Crippen molar-refractivity contribution in [3.8, 4) is 6.07 Å². The van der Waals surface area contributed by atoms with Gasteiger partial charge in [-0.15, -0.1) is 0 Å². The summed E-state index contributed by atoms with van der Waals surface area (Å²) in [4.78, 5) is 0.226. The average molecular weight is 308 g/mol. The molecule has 0 spiro atoms. The zero-order chi connectivity index (χ0) is 15.8. The van der Waals surface area contributed by atoms with Gasteiger partial charge in [-0.25, -0.2) is 8.42 Å². The highest BCUT2D eigenvalue weighted by molar-refractivity contribution is 7.89. The fourth-order valence-electron chi connectivity index (χ4n) is 2.65. The van der Waals surface area contributed by atoms with Crippen molar-refractivity contribution in [2.24, 2.45) is 0 Å². The van der Waals surface area contributed by atoms with Crippen LogP contribution in [-0.2, 0) is 14.8 Å². The minimum absolute atomic E-state index is 0.150. The summed E-state index contributed by atoms with van der Waals surface area (Å²) >= 11 is 0. The van der Waals surface area contributed by atoms with Crippen LogP contribution in [0.2, 0.25) is 0 Å². The van der Waals surface area contributed by atoms with Gasteiger partial charge in [0.05, 0.1) is 28.2 Å². The molecule has 1 aromatic carbocycles. The lowest BCUT2D eigenvalue weighted by molar-refractivity contribution is -0.109. The summed E-state index contributed by atoms with van der Waals surface area (Å²) in [7, 11) is -3.57. The summed E-state index contributed by atoms with van der Waals surface area (Å²) in [6.45, 7) is 8.03. The number of benzene rings is 1. The number of ether oxygens (including phenoxy) is 1. The molecule has 1 saturated heterocycles. The van der Waals surface area contributed by atoms with E-state index in [-0.39, 0.29) is 11.0 Å². The molecule has 0 bridgehead atoms. The van der Waals surface area contributed by atoms with E-state index >= 15 is 0 Å². The lowest BCUT2D eigenvalue weighted by Crippen LogP contribution is -2.53. The summed E-state index contributed by atoms with van der Waals surface area (Å²) in [6.07, 6.45) is -0.150. The number of nitriles is 1. The highest BCUT2D eigenvalue weighted by Crippen LogP contribution is 2.27. The van der Waals surface area contributed by atoms with Crippen LogP contribution in [0.25, 0.3) is 0 Å². The van der Waals surface area contributed by atoms with Crippen molar-refractivity contribution in [2.75, 3.05) is 13.1 Å². The van der Waals surface area contributed by atoms with Gasteiger partial charge in [-0.2, -0.15) is 9.57 Å². The number of nitrogens with zero attached hydrogens (tertiary/aromatic N) is 2. The normalized spacial score (nSPS) is 22.7. The third-order valence-electron chi connectivity index (χ3n) is 3.49. The smallest absolute Gasteiger partial charge is 0.243 e. The van der Waals surface area contributed by atoms with Gasteiger partial charge in [0.2, 0.25) is 10.0 Å². The van der Waals surface area contributed by atoms with Gasteiger partial charge in [0.15, 0.2) is 0 Å². The van der Waals surface area contributed by atoms with Crippen molar-refractivity contribution in [1.29, 1.82) is 5.26 Å². The van der Waals surface area contributed by atoms with Crippen LogP contribution in [0.5, 0.6) is 0 Å². The second-order valence-corrected chi connectivity index (χ2v) is 8.01. The third-order valence-corrected chi connectivity index (χ3v) is 5.30. The van der Waals surface area contributed by atoms with Gasteiger partial charge in [0.25, 0.3) is 0 Å². The van der Waals surface area contributed by atoms with Crippen LogP contribution in [0.1, 0.15) is 31.9 Å². The lowest BCUT2D eigenvalue weighted by atomic mass is 10.1. The Kier molecular flexibility index (Phi) is 4.11. The molecule has 1 aliphatic rings. The van der Waals surface area contributed by atoms with Crippen molar-refractivity contribution < 1.29 is 13.2 Å². The first-order valence-corrected chi connectivity index (χ1v) is 8.28. The lowest BCUT2D eigenvalue weighted by Gasteiger charge is -2.40. The molecule has 5 nitrogen and oxygen atoms in total. The molecule has 114 valence electrons. The summed E-state index contributed by atoms with van der Waals surface area (Å²) in [5.41, 5.74) is 0.649. The van der Waals surface area contributed by atoms with E-state index in [2.05, 4.69) is 0 Å². The molecular weight excluding hydrogens is 288 g/mol. The first-order valence-electron chi connectivity index (χ1n) is 6.84. The predicted molar refractivity (Wildman–Crippen MR) is 79.3 cm³/mol. The molecule has 1 aliphatic heterocycles. The quantitative estimate of drug-likeness (QED) is 0.838. The molecular formula is C15H20N2O3S. The molecule has 0 radical (unpaired) electrons. The molecule has 1 fully saturated rings.